The summed E-state index contributed by atoms with van der Waals surface area (Å²) in [6, 6.07) is 10.8. The molecule has 112 valence electrons. The predicted molar refractivity (Wildman–Crippen MR) is 80.7 cm³/mol. The lowest BCUT2D eigenvalue weighted by Gasteiger charge is -2.29. The molecule has 0 aromatic heterocycles. The Labute approximate surface area is 122 Å². The molecule has 2 rings (SSSR count). The van der Waals surface area contributed by atoms with Crippen molar-refractivity contribution < 1.29 is 14.7 Å². The highest BCUT2D eigenvalue weighted by Gasteiger charge is 2.23. The minimum atomic E-state index is -0.361. The Bertz CT molecular complexity index is 363. The first-order chi connectivity index (χ1) is 9.75. The topological polar surface area (TPSA) is 33.9 Å². The molecule has 1 saturated carbocycles. The molecule has 1 aromatic rings. The monoisotopic (exact) mass is 278 g/mol. The summed E-state index contributed by atoms with van der Waals surface area (Å²) >= 11 is 0. The molecular weight excluding hydrogens is 250 g/mol. The van der Waals surface area contributed by atoms with E-state index in [1.165, 1.54) is 37.0 Å². The zero-order valence-electron chi connectivity index (χ0n) is 12.6. The van der Waals surface area contributed by atoms with Crippen LogP contribution in [0.5, 0.6) is 0 Å². The molecule has 3 heteroatoms. The maximum Gasteiger partial charge on any atom is 0.126 e. The fraction of sp³-hybridized carbons (Fsp3) is 0.647. The summed E-state index contributed by atoms with van der Waals surface area (Å²) in [7, 11) is 2.20. The van der Waals surface area contributed by atoms with Crippen molar-refractivity contribution in [1.29, 1.82) is 0 Å². The number of rotatable bonds is 7. The fourth-order valence-corrected chi connectivity index (χ4v) is 3.08. The molecule has 1 fully saturated rings. The summed E-state index contributed by atoms with van der Waals surface area (Å²) in [6.07, 6.45) is 6.34. The van der Waals surface area contributed by atoms with Gasteiger partial charge in [-0.15, -0.1) is 0 Å². The van der Waals surface area contributed by atoms with E-state index in [2.05, 4.69) is 7.05 Å². The number of aliphatic hydroxyl groups excluding tert-OH is 1. The van der Waals surface area contributed by atoms with Crippen molar-refractivity contribution >= 4 is 0 Å². The normalized spacial score (nSPS) is 19.7. The molecule has 0 saturated heterocycles. The summed E-state index contributed by atoms with van der Waals surface area (Å²) in [6.45, 7) is 1.80. The van der Waals surface area contributed by atoms with Gasteiger partial charge in [0.15, 0.2) is 0 Å². The highest BCUT2D eigenvalue weighted by Crippen LogP contribution is 2.15. The summed E-state index contributed by atoms with van der Waals surface area (Å²) in [4.78, 5) is 1.46. The Kier molecular flexibility index (Phi) is 6.51. The van der Waals surface area contributed by atoms with E-state index in [4.69, 9.17) is 4.74 Å². The number of hydrogen-bond donors (Lipinski definition) is 2. The maximum atomic E-state index is 10.1. The molecule has 0 spiro atoms. The van der Waals surface area contributed by atoms with Crippen molar-refractivity contribution in [3.63, 3.8) is 0 Å². The van der Waals surface area contributed by atoms with Crippen molar-refractivity contribution in [1.82, 2.24) is 0 Å². The van der Waals surface area contributed by atoms with Gasteiger partial charge < -0.3 is 14.7 Å². The van der Waals surface area contributed by atoms with Crippen LogP contribution < -0.4 is 4.90 Å². The first-order valence-electron chi connectivity index (χ1n) is 7.88. The first-order valence-corrected chi connectivity index (χ1v) is 7.88. The average molecular weight is 278 g/mol. The molecule has 2 unspecified atom stereocenters. The third kappa shape index (κ3) is 5.23. The van der Waals surface area contributed by atoms with Gasteiger partial charge in [-0.05, 0) is 31.2 Å². The van der Waals surface area contributed by atoms with Gasteiger partial charge in [-0.2, -0.15) is 0 Å². The standard InChI is InChI=1S/C17H27NO2/c1-18(16-10-6-3-7-11-16)12-17(19)14-20-13-15-8-4-2-5-9-15/h2,4-5,8-9,16-17,19H,3,6-7,10-14H2,1H3/p+1. The smallest absolute Gasteiger partial charge is 0.126 e. The van der Waals surface area contributed by atoms with Crippen LogP contribution in [0.25, 0.3) is 0 Å². The lowest BCUT2D eigenvalue weighted by molar-refractivity contribution is -0.910. The number of likely N-dealkylation sites (N-methyl/N-ethyl adjacent to an activating group) is 1. The van der Waals surface area contributed by atoms with Crippen LogP contribution in [0.2, 0.25) is 0 Å². The molecule has 0 bridgehead atoms. The second-order valence-corrected chi connectivity index (χ2v) is 6.04. The van der Waals surface area contributed by atoms with E-state index in [1.807, 2.05) is 30.3 Å². The van der Waals surface area contributed by atoms with Gasteiger partial charge in [0.05, 0.1) is 26.3 Å². The number of hydrogen-bond acceptors (Lipinski definition) is 2. The van der Waals surface area contributed by atoms with Crippen molar-refractivity contribution in [2.24, 2.45) is 0 Å². The second kappa shape index (κ2) is 8.40. The van der Waals surface area contributed by atoms with Crippen LogP contribution in [-0.4, -0.2) is 37.5 Å². The van der Waals surface area contributed by atoms with E-state index >= 15 is 0 Å². The molecule has 3 nitrogen and oxygen atoms in total. The molecule has 0 amide bonds. The van der Waals surface area contributed by atoms with Crippen LogP contribution in [0.15, 0.2) is 30.3 Å². The number of aliphatic hydroxyl groups is 1. The molecule has 0 aliphatic heterocycles. The Balaban J connectivity index is 1.63. The Morgan fingerprint density at radius 1 is 1.20 bits per heavy atom. The summed E-state index contributed by atoms with van der Waals surface area (Å²) < 4.78 is 5.61. The van der Waals surface area contributed by atoms with Crippen molar-refractivity contribution in [2.75, 3.05) is 20.2 Å². The van der Waals surface area contributed by atoms with Gasteiger partial charge in [0.2, 0.25) is 0 Å². The number of benzene rings is 1. The molecule has 0 heterocycles. The van der Waals surface area contributed by atoms with Crippen LogP contribution in [0.4, 0.5) is 0 Å². The molecule has 2 atom stereocenters. The van der Waals surface area contributed by atoms with E-state index in [0.717, 1.165) is 18.2 Å². The SMILES string of the molecule is C[NH+](CC(O)COCc1ccccc1)C1CCCCC1. The highest BCUT2D eigenvalue weighted by molar-refractivity contribution is 5.13. The molecule has 0 radical (unpaired) electrons. The lowest BCUT2D eigenvalue weighted by atomic mass is 9.94. The van der Waals surface area contributed by atoms with Crippen LogP contribution in [0, 0.1) is 0 Å². The summed E-state index contributed by atoms with van der Waals surface area (Å²) in [5.41, 5.74) is 1.16. The number of quaternary nitrogens is 1. The van der Waals surface area contributed by atoms with E-state index in [0.29, 0.717) is 13.2 Å². The third-order valence-electron chi connectivity index (χ3n) is 4.28. The zero-order chi connectivity index (χ0) is 14.2. The number of nitrogens with one attached hydrogen (secondary N) is 1. The molecule has 2 N–H and O–H groups in total. The largest absolute Gasteiger partial charge is 0.385 e. The van der Waals surface area contributed by atoms with Crippen molar-refractivity contribution in [3.05, 3.63) is 35.9 Å². The predicted octanol–water partition coefficient (Wildman–Crippen LogP) is 1.41. The van der Waals surface area contributed by atoms with Gasteiger partial charge in [0, 0.05) is 0 Å². The van der Waals surface area contributed by atoms with Crippen molar-refractivity contribution in [3.8, 4) is 0 Å². The van der Waals surface area contributed by atoms with Crippen LogP contribution in [0.1, 0.15) is 37.7 Å². The first kappa shape index (κ1) is 15.5. The molecule has 1 aliphatic carbocycles. The summed E-state index contributed by atoms with van der Waals surface area (Å²) in [5.74, 6) is 0. The van der Waals surface area contributed by atoms with Crippen LogP contribution in [0.3, 0.4) is 0 Å². The van der Waals surface area contributed by atoms with E-state index < -0.39 is 0 Å². The maximum absolute atomic E-state index is 10.1. The zero-order valence-corrected chi connectivity index (χ0v) is 12.6. The second-order valence-electron chi connectivity index (χ2n) is 6.04. The molecule has 1 aliphatic rings. The van der Waals surface area contributed by atoms with Crippen LogP contribution >= 0.6 is 0 Å². The molecule has 20 heavy (non-hydrogen) atoms. The average Bonchev–Trinajstić information content (AvgIpc) is 2.49. The van der Waals surface area contributed by atoms with E-state index in [1.54, 1.807) is 0 Å². The molecular formula is C17H28NO2+. The minimum absolute atomic E-state index is 0.361. The fourth-order valence-electron chi connectivity index (χ4n) is 3.08. The minimum Gasteiger partial charge on any atom is -0.385 e. The van der Waals surface area contributed by atoms with Gasteiger partial charge >= 0.3 is 0 Å². The third-order valence-corrected chi connectivity index (χ3v) is 4.28. The van der Waals surface area contributed by atoms with Gasteiger partial charge in [-0.25, -0.2) is 0 Å². The van der Waals surface area contributed by atoms with E-state index in [-0.39, 0.29) is 6.10 Å². The van der Waals surface area contributed by atoms with Crippen LogP contribution in [-0.2, 0) is 11.3 Å². The van der Waals surface area contributed by atoms with Gasteiger partial charge in [-0.1, -0.05) is 36.8 Å². The van der Waals surface area contributed by atoms with Gasteiger partial charge in [0.1, 0.15) is 12.6 Å². The Hall–Kier alpha value is -0.900. The Morgan fingerprint density at radius 3 is 2.60 bits per heavy atom. The van der Waals surface area contributed by atoms with Gasteiger partial charge in [0.25, 0.3) is 0 Å². The lowest BCUT2D eigenvalue weighted by Crippen LogP contribution is -3.14. The molecule has 1 aromatic carbocycles. The Morgan fingerprint density at radius 2 is 1.90 bits per heavy atom. The summed E-state index contributed by atoms with van der Waals surface area (Å²) in [5, 5.41) is 10.1. The van der Waals surface area contributed by atoms with Gasteiger partial charge in [-0.3, -0.25) is 0 Å². The van der Waals surface area contributed by atoms with Crippen molar-refractivity contribution in [2.45, 2.75) is 50.9 Å². The number of ether oxygens (including phenoxy) is 1. The highest BCUT2D eigenvalue weighted by atomic mass is 16.5. The quantitative estimate of drug-likeness (QED) is 0.791. The van der Waals surface area contributed by atoms with E-state index in [9.17, 15) is 5.11 Å².